The third-order valence-electron chi connectivity index (χ3n) is 5.78. The Morgan fingerprint density at radius 3 is 2.46 bits per heavy atom. The maximum absolute atomic E-state index is 13.2. The summed E-state index contributed by atoms with van der Waals surface area (Å²) in [4.78, 5) is 0. The van der Waals surface area contributed by atoms with Crippen molar-refractivity contribution < 1.29 is 13.2 Å². The van der Waals surface area contributed by atoms with Crippen LogP contribution in [0.25, 0.3) is 0 Å². The lowest BCUT2D eigenvalue weighted by Crippen LogP contribution is -2.52. The van der Waals surface area contributed by atoms with Gasteiger partial charge in [-0.05, 0) is 50.0 Å². The molecular formula is C20H32N2O3S. The third kappa shape index (κ3) is 4.85. The maximum Gasteiger partial charge on any atom is 0.282 e. The SMILES string of the molecule is COCC1CCN(S(=O)(=O)N2CCCCC2CCc2ccccc2)CC1. The molecule has 2 fully saturated rings. The Balaban J connectivity index is 1.62. The first-order chi connectivity index (χ1) is 12.6. The predicted octanol–water partition coefficient (Wildman–Crippen LogP) is 3.08. The standard InChI is InChI=1S/C20H32N2O3S/c1-25-17-19-12-15-21(16-13-19)26(23,24)22-14-6-5-9-20(22)11-10-18-7-3-2-4-8-18/h2-4,7-8,19-20H,5-6,9-17H2,1H3. The van der Waals surface area contributed by atoms with Crippen molar-refractivity contribution in [1.29, 1.82) is 0 Å². The number of nitrogens with zero attached hydrogens (tertiary/aromatic N) is 2. The van der Waals surface area contributed by atoms with E-state index in [4.69, 9.17) is 4.74 Å². The van der Waals surface area contributed by atoms with Gasteiger partial charge in [-0.3, -0.25) is 0 Å². The van der Waals surface area contributed by atoms with Crippen LogP contribution in [0.5, 0.6) is 0 Å². The van der Waals surface area contributed by atoms with Gasteiger partial charge < -0.3 is 4.74 Å². The summed E-state index contributed by atoms with van der Waals surface area (Å²) in [6.45, 7) is 2.65. The normalized spacial score (nSPS) is 24.0. The minimum atomic E-state index is -3.35. The van der Waals surface area contributed by atoms with E-state index in [0.717, 1.165) is 51.6 Å². The number of ether oxygens (including phenoxy) is 1. The molecule has 1 atom stereocenters. The average molecular weight is 381 g/mol. The van der Waals surface area contributed by atoms with E-state index in [2.05, 4.69) is 24.3 Å². The van der Waals surface area contributed by atoms with Crippen LogP contribution >= 0.6 is 0 Å². The Morgan fingerprint density at radius 1 is 1.04 bits per heavy atom. The van der Waals surface area contributed by atoms with Gasteiger partial charge in [0.15, 0.2) is 0 Å². The van der Waals surface area contributed by atoms with Crippen LogP contribution in [0.2, 0.25) is 0 Å². The van der Waals surface area contributed by atoms with Crippen LogP contribution in [0.4, 0.5) is 0 Å². The fourth-order valence-corrected chi connectivity index (χ4v) is 6.15. The molecule has 2 heterocycles. The molecule has 0 spiro atoms. The second-order valence-electron chi connectivity index (χ2n) is 7.59. The lowest BCUT2D eigenvalue weighted by Gasteiger charge is -2.40. The molecule has 0 aliphatic carbocycles. The molecule has 0 aromatic heterocycles. The molecule has 1 unspecified atom stereocenters. The number of methoxy groups -OCH3 is 1. The summed E-state index contributed by atoms with van der Waals surface area (Å²) < 4.78 is 35.2. The number of hydrogen-bond acceptors (Lipinski definition) is 3. The molecule has 2 saturated heterocycles. The van der Waals surface area contributed by atoms with E-state index in [1.54, 1.807) is 15.7 Å². The molecule has 0 bridgehead atoms. The van der Waals surface area contributed by atoms with Crippen molar-refractivity contribution in [3.63, 3.8) is 0 Å². The van der Waals surface area contributed by atoms with E-state index in [9.17, 15) is 8.42 Å². The summed E-state index contributed by atoms with van der Waals surface area (Å²) >= 11 is 0. The molecule has 5 nitrogen and oxygen atoms in total. The Hall–Kier alpha value is -0.950. The number of aryl methyl sites for hydroxylation is 1. The molecule has 2 aliphatic heterocycles. The van der Waals surface area contributed by atoms with E-state index >= 15 is 0 Å². The highest BCUT2D eigenvalue weighted by molar-refractivity contribution is 7.86. The van der Waals surface area contributed by atoms with Crippen molar-refractivity contribution in [3.05, 3.63) is 35.9 Å². The number of rotatable bonds is 7. The smallest absolute Gasteiger partial charge is 0.282 e. The molecule has 146 valence electrons. The van der Waals surface area contributed by atoms with Crippen LogP contribution in [0.15, 0.2) is 30.3 Å². The monoisotopic (exact) mass is 380 g/mol. The Morgan fingerprint density at radius 2 is 1.77 bits per heavy atom. The minimum absolute atomic E-state index is 0.130. The van der Waals surface area contributed by atoms with Crippen LogP contribution in [-0.2, 0) is 21.4 Å². The van der Waals surface area contributed by atoms with Crippen molar-refractivity contribution in [2.45, 2.75) is 51.0 Å². The number of benzene rings is 1. The zero-order valence-electron chi connectivity index (χ0n) is 15.8. The molecule has 26 heavy (non-hydrogen) atoms. The number of piperidine rings is 2. The first-order valence-electron chi connectivity index (χ1n) is 9.91. The van der Waals surface area contributed by atoms with Gasteiger partial charge in [0, 0.05) is 39.4 Å². The van der Waals surface area contributed by atoms with Crippen molar-refractivity contribution in [1.82, 2.24) is 8.61 Å². The zero-order chi connectivity index (χ0) is 18.4. The first kappa shape index (κ1) is 19.8. The van der Waals surface area contributed by atoms with Crippen LogP contribution in [0.1, 0.15) is 44.1 Å². The van der Waals surface area contributed by atoms with Crippen molar-refractivity contribution >= 4 is 10.2 Å². The van der Waals surface area contributed by atoms with Gasteiger partial charge >= 0.3 is 0 Å². The van der Waals surface area contributed by atoms with Crippen molar-refractivity contribution in [3.8, 4) is 0 Å². The topological polar surface area (TPSA) is 49.9 Å². The summed E-state index contributed by atoms with van der Waals surface area (Å²) in [6.07, 6.45) is 6.72. The lowest BCUT2D eigenvalue weighted by molar-refractivity contribution is 0.117. The van der Waals surface area contributed by atoms with E-state index < -0.39 is 10.2 Å². The fraction of sp³-hybridized carbons (Fsp3) is 0.700. The van der Waals surface area contributed by atoms with Gasteiger partial charge in [0.05, 0.1) is 0 Å². The minimum Gasteiger partial charge on any atom is -0.384 e. The van der Waals surface area contributed by atoms with Gasteiger partial charge in [-0.2, -0.15) is 17.0 Å². The molecule has 3 rings (SSSR count). The molecular weight excluding hydrogens is 348 g/mol. The summed E-state index contributed by atoms with van der Waals surface area (Å²) in [6, 6.07) is 10.5. The summed E-state index contributed by atoms with van der Waals surface area (Å²) in [5.74, 6) is 0.488. The van der Waals surface area contributed by atoms with Gasteiger partial charge in [0.1, 0.15) is 0 Å². The van der Waals surface area contributed by atoms with Gasteiger partial charge in [-0.25, -0.2) is 0 Å². The second-order valence-corrected chi connectivity index (χ2v) is 9.47. The van der Waals surface area contributed by atoms with Crippen LogP contribution < -0.4 is 0 Å². The molecule has 0 N–H and O–H groups in total. The largest absolute Gasteiger partial charge is 0.384 e. The highest BCUT2D eigenvalue weighted by Gasteiger charge is 2.37. The van der Waals surface area contributed by atoms with Gasteiger partial charge in [-0.1, -0.05) is 36.8 Å². The van der Waals surface area contributed by atoms with Gasteiger partial charge in [0.25, 0.3) is 10.2 Å². The van der Waals surface area contributed by atoms with E-state index in [1.807, 2.05) is 6.07 Å². The van der Waals surface area contributed by atoms with Crippen molar-refractivity contribution in [2.75, 3.05) is 33.4 Å². The van der Waals surface area contributed by atoms with Crippen LogP contribution in [-0.4, -0.2) is 56.4 Å². The lowest BCUT2D eigenvalue weighted by atomic mass is 9.98. The van der Waals surface area contributed by atoms with Crippen LogP contribution in [0, 0.1) is 5.92 Å². The van der Waals surface area contributed by atoms with Crippen LogP contribution in [0.3, 0.4) is 0 Å². The molecule has 1 aromatic carbocycles. The van der Waals surface area contributed by atoms with Crippen molar-refractivity contribution in [2.24, 2.45) is 5.92 Å². The van der Waals surface area contributed by atoms with Gasteiger partial charge in [-0.15, -0.1) is 0 Å². The molecule has 0 saturated carbocycles. The molecule has 6 heteroatoms. The third-order valence-corrected chi connectivity index (χ3v) is 7.87. The highest BCUT2D eigenvalue weighted by Crippen LogP contribution is 2.28. The molecule has 0 amide bonds. The Bertz CT molecular complexity index is 642. The highest BCUT2D eigenvalue weighted by atomic mass is 32.2. The quantitative estimate of drug-likeness (QED) is 0.730. The molecule has 1 aromatic rings. The van der Waals surface area contributed by atoms with E-state index in [0.29, 0.717) is 25.6 Å². The van der Waals surface area contributed by atoms with E-state index in [-0.39, 0.29) is 6.04 Å². The fourth-order valence-electron chi connectivity index (χ4n) is 4.23. The summed E-state index contributed by atoms with van der Waals surface area (Å²) in [7, 11) is -1.63. The first-order valence-corrected chi connectivity index (χ1v) is 11.3. The average Bonchev–Trinajstić information content (AvgIpc) is 2.68. The Labute approximate surface area is 158 Å². The number of hydrogen-bond donors (Lipinski definition) is 0. The zero-order valence-corrected chi connectivity index (χ0v) is 16.7. The Kier molecular flexibility index (Phi) is 7.09. The molecule has 2 aliphatic rings. The second kappa shape index (κ2) is 9.31. The predicted molar refractivity (Wildman–Crippen MR) is 104 cm³/mol. The molecule has 0 radical (unpaired) electrons. The maximum atomic E-state index is 13.2. The summed E-state index contributed by atoms with van der Waals surface area (Å²) in [5.41, 5.74) is 1.29. The summed E-state index contributed by atoms with van der Waals surface area (Å²) in [5, 5.41) is 0. The van der Waals surface area contributed by atoms with Gasteiger partial charge in [0.2, 0.25) is 0 Å². The van der Waals surface area contributed by atoms with E-state index in [1.165, 1.54) is 5.56 Å².